The molecular formula is C17H25NO4. The van der Waals surface area contributed by atoms with E-state index < -0.39 is 27.8 Å². The van der Waals surface area contributed by atoms with E-state index in [2.05, 4.69) is 5.32 Å². The van der Waals surface area contributed by atoms with Crippen LogP contribution in [0, 0.1) is 21.7 Å². The number of hydrogen-bond donors (Lipinski definition) is 1. The van der Waals surface area contributed by atoms with Gasteiger partial charge in [0, 0.05) is 10.8 Å². The minimum atomic E-state index is -1.15. The molecular weight excluding hydrogens is 282 g/mol. The van der Waals surface area contributed by atoms with E-state index in [1.165, 1.54) is 0 Å². The smallest absolute Gasteiger partial charge is 0.314 e. The van der Waals surface area contributed by atoms with Gasteiger partial charge in [0.25, 0.3) is 5.91 Å². The quantitative estimate of drug-likeness (QED) is 0.811. The summed E-state index contributed by atoms with van der Waals surface area (Å²) in [4.78, 5) is 37.5. The zero-order chi connectivity index (χ0) is 16.8. The van der Waals surface area contributed by atoms with Crippen LogP contribution in [0.1, 0.15) is 60.8 Å². The third kappa shape index (κ3) is 1.19. The van der Waals surface area contributed by atoms with E-state index in [4.69, 9.17) is 4.74 Å². The number of imide groups is 1. The van der Waals surface area contributed by atoms with Crippen LogP contribution in [0.2, 0.25) is 0 Å². The highest BCUT2D eigenvalue weighted by Gasteiger charge is 2.99. The average molecular weight is 307 g/mol. The molecule has 1 spiro atoms. The highest BCUT2D eigenvalue weighted by atomic mass is 16.6. The Kier molecular flexibility index (Phi) is 2.64. The molecule has 0 aromatic rings. The lowest BCUT2D eigenvalue weighted by molar-refractivity contribution is -0.186. The van der Waals surface area contributed by atoms with E-state index in [-0.39, 0.29) is 17.3 Å². The lowest BCUT2D eigenvalue weighted by atomic mass is 9.61. The van der Waals surface area contributed by atoms with Gasteiger partial charge in [0.15, 0.2) is 5.60 Å². The Morgan fingerprint density at radius 2 is 1.82 bits per heavy atom. The minimum absolute atomic E-state index is 0.270. The number of amides is 2. The molecule has 3 aliphatic rings. The molecule has 0 aromatic carbocycles. The molecule has 1 heterocycles. The number of esters is 1. The summed E-state index contributed by atoms with van der Waals surface area (Å²) in [6.07, 6.45) is 1.93. The minimum Gasteiger partial charge on any atom is -0.448 e. The predicted octanol–water partition coefficient (Wildman–Crippen LogP) is 2.19. The number of nitrogens with one attached hydrogen (secondary N) is 1. The first-order chi connectivity index (χ1) is 9.94. The van der Waals surface area contributed by atoms with Crippen molar-refractivity contribution in [3.63, 3.8) is 0 Å². The van der Waals surface area contributed by atoms with Crippen molar-refractivity contribution < 1.29 is 19.1 Å². The lowest BCUT2D eigenvalue weighted by Gasteiger charge is -2.47. The van der Waals surface area contributed by atoms with Gasteiger partial charge in [-0.2, -0.15) is 0 Å². The molecule has 3 atom stereocenters. The monoisotopic (exact) mass is 307 g/mol. The van der Waals surface area contributed by atoms with Crippen molar-refractivity contribution in [3.05, 3.63) is 0 Å². The van der Waals surface area contributed by atoms with Crippen LogP contribution in [0.15, 0.2) is 0 Å². The molecule has 3 fully saturated rings. The van der Waals surface area contributed by atoms with Gasteiger partial charge in [0.05, 0.1) is 5.41 Å². The summed E-state index contributed by atoms with van der Waals surface area (Å²) in [7, 11) is 0. The van der Waals surface area contributed by atoms with Gasteiger partial charge in [-0.05, 0) is 31.6 Å². The third-order valence-electron chi connectivity index (χ3n) is 7.42. The van der Waals surface area contributed by atoms with Crippen LogP contribution in [0.25, 0.3) is 0 Å². The molecule has 3 rings (SSSR count). The van der Waals surface area contributed by atoms with Crippen molar-refractivity contribution in [1.29, 1.82) is 0 Å². The van der Waals surface area contributed by atoms with Crippen LogP contribution in [0.4, 0.5) is 0 Å². The van der Waals surface area contributed by atoms with Gasteiger partial charge in [0.1, 0.15) is 0 Å². The normalized spacial score (nSPS) is 40.9. The Bertz CT molecular complexity index is 608. The van der Waals surface area contributed by atoms with Crippen LogP contribution < -0.4 is 5.32 Å². The van der Waals surface area contributed by atoms with E-state index in [1.807, 2.05) is 27.7 Å². The summed E-state index contributed by atoms with van der Waals surface area (Å²) in [5, 5.41) is 2.51. The van der Waals surface area contributed by atoms with E-state index in [1.54, 1.807) is 13.8 Å². The second-order valence-corrected chi connectivity index (χ2v) is 8.39. The molecule has 5 heteroatoms. The molecule has 1 aliphatic heterocycles. The number of hydrogen-bond acceptors (Lipinski definition) is 4. The maximum atomic E-state index is 12.8. The second kappa shape index (κ2) is 3.74. The molecule has 122 valence electrons. The SMILES string of the molecule is CCC(C)(C)C(=O)NC(=O)C12CCC13C(C)(C)C3(C)C(=O)O2. The Balaban J connectivity index is 1.89. The molecule has 5 nitrogen and oxygen atoms in total. The highest BCUT2D eigenvalue weighted by Crippen LogP contribution is 2.92. The zero-order valence-electron chi connectivity index (χ0n) is 14.3. The Hall–Kier alpha value is -1.39. The molecule has 2 aliphatic carbocycles. The first kappa shape index (κ1) is 15.5. The number of carbonyl (C=O) groups excluding carboxylic acids is 3. The van der Waals surface area contributed by atoms with E-state index in [9.17, 15) is 14.4 Å². The summed E-state index contributed by atoms with van der Waals surface area (Å²) in [5.41, 5.74) is -3.10. The standard InChI is InChI=1S/C17H25NO4/c1-7-13(2,3)10(19)18-11(20)16-8-9-17(16)14(4,5)15(17,6)12(21)22-16/h7-9H2,1-6H3,(H,18,19,20). The largest absolute Gasteiger partial charge is 0.448 e. The van der Waals surface area contributed by atoms with Crippen molar-refractivity contribution >= 4 is 17.8 Å². The maximum absolute atomic E-state index is 12.8. The van der Waals surface area contributed by atoms with Crippen LogP contribution in [-0.2, 0) is 19.1 Å². The lowest BCUT2D eigenvalue weighted by Crippen LogP contribution is -2.63. The van der Waals surface area contributed by atoms with Crippen LogP contribution >= 0.6 is 0 Å². The fourth-order valence-corrected chi connectivity index (χ4v) is 4.99. The number of ether oxygens (including phenoxy) is 1. The summed E-state index contributed by atoms with van der Waals surface area (Å²) in [6, 6.07) is 0. The average Bonchev–Trinajstić information content (AvgIpc) is 2.79. The predicted molar refractivity (Wildman–Crippen MR) is 79.6 cm³/mol. The molecule has 3 unspecified atom stereocenters. The molecule has 22 heavy (non-hydrogen) atoms. The van der Waals surface area contributed by atoms with Crippen molar-refractivity contribution in [2.75, 3.05) is 0 Å². The first-order valence-electron chi connectivity index (χ1n) is 8.04. The number of carbonyl (C=O) groups is 3. The zero-order valence-corrected chi connectivity index (χ0v) is 14.3. The van der Waals surface area contributed by atoms with Crippen molar-refractivity contribution in [2.45, 2.75) is 66.4 Å². The van der Waals surface area contributed by atoms with Crippen LogP contribution in [0.5, 0.6) is 0 Å². The van der Waals surface area contributed by atoms with Gasteiger partial charge >= 0.3 is 5.97 Å². The summed E-state index contributed by atoms with van der Waals surface area (Å²) < 4.78 is 5.55. The Morgan fingerprint density at radius 1 is 1.23 bits per heavy atom. The van der Waals surface area contributed by atoms with E-state index in [0.29, 0.717) is 12.8 Å². The first-order valence-corrected chi connectivity index (χ1v) is 8.04. The van der Waals surface area contributed by atoms with Crippen LogP contribution in [-0.4, -0.2) is 23.4 Å². The second-order valence-electron chi connectivity index (χ2n) is 8.39. The molecule has 1 N–H and O–H groups in total. The summed E-state index contributed by atoms with van der Waals surface area (Å²) in [6.45, 7) is 11.4. The van der Waals surface area contributed by atoms with Gasteiger partial charge in [-0.3, -0.25) is 19.7 Å². The highest BCUT2D eigenvalue weighted by molar-refractivity contribution is 6.07. The fraction of sp³-hybridized carbons (Fsp3) is 0.824. The van der Waals surface area contributed by atoms with Gasteiger partial charge in [-0.25, -0.2) is 0 Å². The Morgan fingerprint density at radius 3 is 2.23 bits per heavy atom. The summed E-state index contributed by atoms with van der Waals surface area (Å²) >= 11 is 0. The van der Waals surface area contributed by atoms with Crippen molar-refractivity contribution in [1.82, 2.24) is 5.32 Å². The fourth-order valence-electron chi connectivity index (χ4n) is 4.99. The van der Waals surface area contributed by atoms with Crippen molar-refractivity contribution in [2.24, 2.45) is 21.7 Å². The van der Waals surface area contributed by atoms with Crippen LogP contribution in [0.3, 0.4) is 0 Å². The number of rotatable bonds is 3. The molecule has 2 amide bonds. The molecule has 0 radical (unpaired) electrons. The van der Waals surface area contributed by atoms with E-state index >= 15 is 0 Å². The van der Waals surface area contributed by atoms with Gasteiger partial charge < -0.3 is 4.74 Å². The Labute approximate surface area is 131 Å². The van der Waals surface area contributed by atoms with Crippen molar-refractivity contribution in [3.8, 4) is 0 Å². The van der Waals surface area contributed by atoms with Gasteiger partial charge in [-0.1, -0.05) is 34.6 Å². The molecule has 2 saturated carbocycles. The topological polar surface area (TPSA) is 72.5 Å². The molecule has 1 saturated heterocycles. The molecule has 0 bridgehead atoms. The van der Waals surface area contributed by atoms with Gasteiger partial charge in [0.2, 0.25) is 5.91 Å². The summed E-state index contributed by atoms with van der Waals surface area (Å²) in [5.74, 6) is -1.04. The molecule has 0 aromatic heterocycles. The van der Waals surface area contributed by atoms with Gasteiger partial charge in [-0.15, -0.1) is 0 Å². The maximum Gasteiger partial charge on any atom is 0.314 e. The van der Waals surface area contributed by atoms with E-state index in [0.717, 1.165) is 6.42 Å². The third-order valence-corrected chi connectivity index (χ3v) is 7.42.